The zero-order chi connectivity index (χ0) is 11.8. The standard InChI is InChI=1S/C12H19NO3/c1-3-15-12(14)10(2)9-13-7-6-11-5-4-8-16-11/h4-5,8,10,13H,3,6-7,9H2,1-2H3. The molecule has 1 aromatic heterocycles. The van der Waals surface area contributed by atoms with Crippen molar-refractivity contribution in [2.24, 2.45) is 5.92 Å². The van der Waals surface area contributed by atoms with Gasteiger partial charge in [-0.2, -0.15) is 0 Å². The number of furan rings is 1. The summed E-state index contributed by atoms with van der Waals surface area (Å²) >= 11 is 0. The third-order valence-corrected chi connectivity index (χ3v) is 2.27. The molecular weight excluding hydrogens is 206 g/mol. The van der Waals surface area contributed by atoms with Gasteiger partial charge in [0, 0.05) is 19.5 Å². The monoisotopic (exact) mass is 225 g/mol. The number of rotatable bonds is 7. The first-order chi connectivity index (χ1) is 7.74. The molecule has 0 spiro atoms. The Hall–Kier alpha value is -1.29. The van der Waals surface area contributed by atoms with Crippen LogP contribution in [0.1, 0.15) is 19.6 Å². The van der Waals surface area contributed by atoms with Crippen LogP contribution >= 0.6 is 0 Å². The van der Waals surface area contributed by atoms with E-state index >= 15 is 0 Å². The number of nitrogens with one attached hydrogen (secondary N) is 1. The van der Waals surface area contributed by atoms with E-state index in [4.69, 9.17) is 9.15 Å². The van der Waals surface area contributed by atoms with Crippen molar-refractivity contribution in [3.63, 3.8) is 0 Å². The summed E-state index contributed by atoms with van der Waals surface area (Å²) in [5, 5.41) is 3.20. The molecule has 0 aliphatic carbocycles. The molecule has 1 heterocycles. The molecule has 0 saturated carbocycles. The third kappa shape index (κ3) is 4.49. The first-order valence-electron chi connectivity index (χ1n) is 5.63. The summed E-state index contributed by atoms with van der Waals surface area (Å²) < 4.78 is 10.1. The normalized spacial score (nSPS) is 12.4. The first kappa shape index (κ1) is 12.8. The Kier molecular flexibility index (Phi) is 5.64. The lowest BCUT2D eigenvalue weighted by molar-refractivity contribution is -0.147. The fraction of sp³-hybridized carbons (Fsp3) is 0.583. The van der Waals surface area contributed by atoms with E-state index in [0.29, 0.717) is 13.2 Å². The van der Waals surface area contributed by atoms with Crippen molar-refractivity contribution >= 4 is 5.97 Å². The van der Waals surface area contributed by atoms with Crippen molar-refractivity contribution in [2.45, 2.75) is 20.3 Å². The van der Waals surface area contributed by atoms with Crippen LogP contribution in [-0.2, 0) is 16.0 Å². The van der Waals surface area contributed by atoms with Crippen LogP contribution < -0.4 is 5.32 Å². The van der Waals surface area contributed by atoms with Gasteiger partial charge in [0.1, 0.15) is 5.76 Å². The molecule has 90 valence electrons. The molecule has 1 N–H and O–H groups in total. The van der Waals surface area contributed by atoms with Crippen LogP contribution in [-0.4, -0.2) is 25.7 Å². The molecule has 4 heteroatoms. The largest absolute Gasteiger partial charge is 0.469 e. The predicted molar refractivity (Wildman–Crippen MR) is 61.1 cm³/mol. The molecule has 1 unspecified atom stereocenters. The quantitative estimate of drug-likeness (QED) is 0.566. The van der Waals surface area contributed by atoms with E-state index < -0.39 is 0 Å². The van der Waals surface area contributed by atoms with Crippen molar-refractivity contribution in [1.29, 1.82) is 0 Å². The van der Waals surface area contributed by atoms with E-state index in [0.717, 1.165) is 18.7 Å². The maximum Gasteiger partial charge on any atom is 0.309 e. The van der Waals surface area contributed by atoms with E-state index in [2.05, 4.69) is 5.32 Å². The van der Waals surface area contributed by atoms with Gasteiger partial charge in [-0.3, -0.25) is 4.79 Å². The van der Waals surface area contributed by atoms with Gasteiger partial charge in [0.2, 0.25) is 0 Å². The molecular formula is C12H19NO3. The van der Waals surface area contributed by atoms with Crippen molar-refractivity contribution in [1.82, 2.24) is 5.32 Å². The Balaban J connectivity index is 2.08. The summed E-state index contributed by atoms with van der Waals surface area (Å²) in [7, 11) is 0. The molecule has 0 amide bonds. The SMILES string of the molecule is CCOC(=O)C(C)CNCCc1ccco1. The van der Waals surface area contributed by atoms with Gasteiger partial charge in [-0.25, -0.2) is 0 Å². The summed E-state index contributed by atoms with van der Waals surface area (Å²) in [6, 6.07) is 3.81. The average molecular weight is 225 g/mol. The zero-order valence-electron chi connectivity index (χ0n) is 9.86. The minimum absolute atomic E-state index is 0.100. The summed E-state index contributed by atoms with van der Waals surface area (Å²) in [4.78, 5) is 11.3. The number of ether oxygens (including phenoxy) is 1. The molecule has 4 nitrogen and oxygen atoms in total. The smallest absolute Gasteiger partial charge is 0.309 e. The number of hydrogen-bond acceptors (Lipinski definition) is 4. The number of esters is 1. The Morgan fingerprint density at radius 2 is 2.44 bits per heavy atom. The molecule has 0 bridgehead atoms. The molecule has 1 atom stereocenters. The molecule has 1 aromatic rings. The van der Waals surface area contributed by atoms with Crippen LogP contribution in [0.15, 0.2) is 22.8 Å². The molecule has 0 radical (unpaired) electrons. The minimum atomic E-state index is -0.145. The summed E-state index contributed by atoms with van der Waals surface area (Å²) in [6.07, 6.45) is 2.50. The fourth-order valence-corrected chi connectivity index (χ4v) is 1.35. The number of carbonyl (C=O) groups is 1. The average Bonchev–Trinajstić information content (AvgIpc) is 2.77. The molecule has 0 saturated heterocycles. The van der Waals surface area contributed by atoms with Gasteiger partial charge in [-0.15, -0.1) is 0 Å². The van der Waals surface area contributed by atoms with Crippen LogP contribution in [0.5, 0.6) is 0 Å². The Morgan fingerprint density at radius 3 is 3.06 bits per heavy atom. The highest BCUT2D eigenvalue weighted by Gasteiger charge is 2.12. The second-order valence-electron chi connectivity index (χ2n) is 3.69. The van der Waals surface area contributed by atoms with E-state index in [9.17, 15) is 4.79 Å². The minimum Gasteiger partial charge on any atom is -0.469 e. The van der Waals surface area contributed by atoms with E-state index in [-0.39, 0.29) is 11.9 Å². The van der Waals surface area contributed by atoms with Crippen molar-refractivity contribution in [2.75, 3.05) is 19.7 Å². The number of carbonyl (C=O) groups excluding carboxylic acids is 1. The van der Waals surface area contributed by atoms with Crippen molar-refractivity contribution in [3.8, 4) is 0 Å². The van der Waals surface area contributed by atoms with Gasteiger partial charge in [-0.1, -0.05) is 6.92 Å². The second kappa shape index (κ2) is 7.06. The highest BCUT2D eigenvalue weighted by molar-refractivity contribution is 5.72. The zero-order valence-corrected chi connectivity index (χ0v) is 9.86. The Morgan fingerprint density at radius 1 is 1.62 bits per heavy atom. The maximum atomic E-state index is 11.3. The topological polar surface area (TPSA) is 51.5 Å². The van der Waals surface area contributed by atoms with Crippen LogP contribution in [0.25, 0.3) is 0 Å². The highest BCUT2D eigenvalue weighted by Crippen LogP contribution is 2.00. The molecule has 0 aliphatic heterocycles. The van der Waals surface area contributed by atoms with E-state index in [1.54, 1.807) is 6.26 Å². The van der Waals surface area contributed by atoms with Gasteiger partial charge in [0.25, 0.3) is 0 Å². The summed E-state index contributed by atoms with van der Waals surface area (Å²) in [5.41, 5.74) is 0. The van der Waals surface area contributed by atoms with Gasteiger partial charge in [0.15, 0.2) is 0 Å². The molecule has 1 rings (SSSR count). The van der Waals surface area contributed by atoms with Gasteiger partial charge in [0.05, 0.1) is 18.8 Å². The van der Waals surface area contributed by atoms with E-state index in [1.165, 1.54) is 0 Å². The highest BCUT2D eigenvalue weighted by atomic mass is 16.5. The molecule has 16 heavy (non-hydrogen) atoms. The van der Waals surface area contributed by atoms with Crippen molar-refractivity contribution < 1.29 is 13.9 Å². The lowest BCUT2D eigenvalue weighted by Crippen LogP contribution is -2.29. The van der Waals surface area contributed by atoms with Gasteiger partial charge < -0.3 is 14.5 Å². The van der Waals surface area contributed by atoms with Gasteiger partial charge in [-0.05, 0) is 19.1 Å². The maximum absolute atomic E-state index is 11.3. The van der Waals surface area contributed by atoms with Gasteiger partial charge >= 0.3 is 5.97 Å². The van der Waals surface area contributed by atoms with Crippen LogP contribution in [0, 0.1) is 5.92 Å². The van der Waals surface area contributed by atoms with Crippen LogP contribution in [0.3, 0.4) is 0 Å². The van der Waals surface area contributed by atoms with Crippen molar-refractivity contribution in [3.05, 3.63) is 24.2 Å². The summed E-state index contributed by atoms with van der Waals surface area (Å²) in [6.45, 7) is 5.55. The van der Waals surface area contributed by atoms with Crippen LogP contribution in [0.2, 0.25) is 0 Å². The lowest BCUT2D eigenvalue weighted by atomic mass is 10.2. The first-order valence-corrected chi connectivity index (χ1v) is 5.63. The molecule has 0 aromatic carbocycles. The second-order valence-corrected chi connectivity index (χ2v) is 3.69. The summed E-state index contributed by atoms with van der Waals surface area (Å²) in [5.74, 6) is 0.709. The van der Waals surface area contributed by atoms with E-state index in [1.807, 2.05) is 26.0 Å². The lowest BCUT2D eigenvalue weighted by Gasteiger charge is -2.10. The Labute approximate surface area is 96.0 Å². The van der Waals surface area contributed by atoms with Crippen LogP contribution in [0.4, 0.5) is 0 Å². The molecule has 0 aliphatic rings. The number of hydrogen-bond donors (Lipinski definition) is 1. The Bertz CT molecular complexity index is 295. The molecule has 0 fully saturated rings. The predicted octanol–water partition coefficient (Wildman–Crippen LogP) is 1.61. The third-order valence-electron chi connectivity index (χ3n) is 2.27. The fourth-order valence-electron chi connectivity index (χ4n) is 1.35.